The number of hydrogen-bond donors (Lipinski definition) is 2. The highest BCUT2D eigenvalue weighted by Crippen LogP contribution is 2.59. The van der Waals surface area contributed by atoms with Gasteiger partial charge in [-0.25, -0.2) is 0 Å². The van der Waals surface area contributed by atoms with Gasteiger partial charge in [-0.2, -0.15) is 0 Å². The molecule has 0 spiro atoms. The summed E-state index contributed by atoms with van der Waals surface area (Å²) in [5.41, 5.74) is 2.72. The van der Waals surface area contributed by atoms with Crippen molar-refractivity contribution in [3.63, 3.8) is 0 Å². The van der Waals surface area contributed by atoms with Gasteiger partial charge in [-0.15, -0.1) is 0 Å². The fourth-order valence-electron chi connectivity index (χ4n) is 2.91. The Morgan fingerprint density at radius 2 is 1.50 bits per heavy atom. The van der Waals surface area contributed by atoms with E-state index in [1.807, 2.05) is 0 Å². The number of allylic oxidation sites excluding steroid dienone is 2. The average molecular weight is 300 g/mol. The maximum absolute atomic E-state index is 12.4. The van der Waals surface area contributed by atoms with Gasteiger partial charge in [0.1, 0.15) is 0 Å². The van der Waals surface area contributed by atoms with Crippen LogP contribution in [0.1, 0.15) is 34.6 Å². The van der Waals surface area contributed by atoms with Gasteiger partial charge in [0.05, 0.1) is 5.92 Å². The van der Waals surface area contributed by atoms with Gasteiger partial charge in [0.15, 0.2) is 0 Å². The molecule has 0 radical (unpaired) electrons. The molecule has 2 rings (SSSR count). The smallest absolute Gasteiger partial charge is 0.228 e. The molecule has 2 atom stereocenters. The summed E-state index contributed by atoms with van der Waals surface area (Å²) < 4.78 is 0. The highest BCUT2D eigenvalue weighted by molar-refractivity contribution is 5.96. The molecule has 22 heavy (non-hydrogen) atoms. The van der Waals surface area contributed by atoms with Crippen molar-refractivity contribution in [1.82, 2.24) is 0 Å². The quantitative estimate of drug-likeness (QED) is 0.830. The molecule has 0 heterocycles. The van der Waals surface area contributed by atoms with Crippen molar-refractivity contribution in [2.24, 2.45) is 17.3 Å². The van der Waals surface area contributed by atoms with Crippen molar-refractivity contribution < 1.29 is 9.59 Å². The second-order valence-electron chi connectivity index (χ2n) is 6.82. The Morgan fingerprint density at radius 1 is 1.00 bits per heavy atom. The molecular formula is C18H24N2O2. The Morgan fingerprint density at radius 3 is 1.95 bits per heavy atom. The van der Waals surface area contributed by atoms with E-state index in [2.05, 4.69) is 44.4 Å². The number of benzene rings is 1. The van der Waals surface area contributed by atoms with E-state index in [0.717, 1.165) is 11.4 Å². The number of amides is 2. The highest BCUT2D eigenvalue weighted by Gasteiger charge is 2.60. The van der Waals surface area contributed by atoms with Crippen LogP contribution in [0.15, 0.2) is 35.9 Å². The first-order valence-electron chi connectivity index (χ1n) is 7.55. The van der Waals surface area contributed by atoms with Crippen LogP contribution in [-0.2, 0) is 9.59 Å². The molecular weight excluding hydrogens is 276 g/mol. The number of carbonyl (C=O) groups excluding carboxylic acids is 2. The third-order valence-corrected chi connectivity index (χ3v) is 4.18. The summed E-state index contributed by atoms with van der Waals surface area (Å²) in [4.78, 5) is 23.4. The standard InChI is InChI=1S/C18H24N2O2/c1-11(2)10-15-16(18(15,4)5)17(22)20-14-8-6-13(7-9-14)19-12(3)21/h6-10,15-16H,1-5H3,(H,19,21)(H,20,22). The van der Waals surface area contributed by atoms with Gasteiger partial charge >= 0.3 is 0 Å². The maximum Gasteiger partial charge on any atom is 0.228 e. The minimum atomic E-state index is -0.110. The van der Waals surface area contributed by atoms with E-state index in [1.54, 1.807) is 24.3 Å². The maximum atomic E-state index is 12.4. The summed E-state index contributed by atoms with van der Waals surface area (Å²) in [7, 11) is 0. The molecule has 0 bridgehead atoms. The van der Waals surface area contributed by atoms with Gasteiger partial charge in [-0.1, -0.05) is 25.5 Å². The second kappa shape index (κ2) is 5.95. The van der Waals surface area contributed by atoms with Gasteiger partial charge in [0, 0.05) is 18.3 Å². The van der Waals surface area contributed by atoms with Crippen molar-refractivity contribution in [3.05, 3.63) is 35.9 Å². The second-order valence-corrected chi connectivity index (χ2v) is 6.82. The lowest BCUT2D eigenvalue weighted by Gasteiger charge is -2.07. The molecule has 1 saturated carbocycles. The van der Waals surface area contributed by atoms with Crippen LogP contribution in [0, 0.1) is 17.3 Å². The van der Waals surface area contributed by atoms with Crippen LogP contribution in [-0.4, -0.2) is 11.8 Å². The van der Waals surface area contributed by atoms with Crippen molar-refractivity contribution in [1.29, 1.82) is 0 Å². The van der Waals surface area contributed by atoms with E-state index in [4.69, 9.17) is 0 Å². The SMILES string of the molecule is CC(=O)Nc1ccc(NC(=O)C2C(C=C(C)C)C2(C)C)cc1. The van der Waals surface area contributed by atoms with Gasteiger partial charge in [0.25, 0.3) is 0 Å². The summed E-state index contributed by atoms with van der Waals surface area (Å²) in [6, 6.07) is 7.16. The van der Waals surface area contributed by atoms with Crippen LogP contribution in [0.4, 0.5) is 11.4 Å². The first-order chi connectivity index (χ1) is 10.2. The predicted molar refractivity (Wildman–Crippen MR) is 89.6 cm³/mol. The molecule has 2 unspecified atom stereocenters. The van der Waals surface area contributed by atoms with E-state index in [9.17, 15) is 9.59 Å². The van der Waals surface area contributed by atoms with E-state index in [0.29, 0.717) is 5.92 Å². The number of rotatable bonds is 4. The zero-order valence-corrected chi connectivity index (χ0v) is 13.9. The number of carbonyl (C=O) groups is 2. The molecule has 2 amide bonds. The normalized spacial score (nSPS) is 21.7. The topological polar surface area (TPSA) is 58.2 Å². The van der Waals surface area contributed by atoms with E-state index < -0.39 is 0 Å². The first kappa shape index (κ1) is 16.3. The van der Waals surface area contributed by atoms with Crippen LogP contribution in [0.2, 0.25) is 0 Å². The van der Waals surface area contributed by atoms with Crippen LogP contribution in [0.25, 0.3) is 0 Å². The molecule has 118 valence electrons. The molecule has 4 nitrogen and oxygen atoms in total. The largest absolute Gasteiger partial charge is 0.326 e. The number of nitrogens with one attached hydrogen (secondary N) is 2. The van der Waals surface area contributed by atoms with Crippen molar-refractivity contribution in [2.75, 3.05) is 10.6 Å². The molecule has 4 heteroatoms. The Hall–Kier alpha value is -2.10. The molecule has 1 aromatic carbocycles. The van der Waals surface area contributed by atoms with E-state index in [-0.39, 0.29) is 23.1 Å². The summed E-state index contributed by atoms with van der Waals surface area (Å²) in [5.74, 6) is 0.259. The van der Waals surface area contributed by atoms with Gasteiger partial charge in [0.2, 0.25) is 11.8 Å². The van der Waals surface area contributed by atoms with Crippen LogP contribution in [0.5, 0.6) is 0 Å². The lowest BCUT2D eigenvalue weighted by Crippen LogP contribution is -2.16. The molecule has 0 saturated heterocycles. The van der Waals surface area contributed by atoms with Gasteiger partial charge < -0.3 is 10.6 Å². The Kier molecular flexibility index (Phi) is 4.40. The lowest BCUT2D eigenvalue weighted by molar-refractivity contribution is -0.118. The molecule has 0 aliphatic heterocycles. The third-order valence-electron chi connectivity index (χ3n) is 4.18. The van der Waals surface area contributed by atoms with Gasteiger partial charge in [-0.05, 0) is 49.4 Å². The van der Waals surface area contributed by atoms with Crippen molar-refractivity contribution >= 4 is 23.2 Å². The highest BCUT2D eigenvalue weighted by atomic mass is 16.2. The molecule has 0 aromatic heterocycles. The monoisotopic (exact) mass is 300 g/mol. The van der Waals surface area contributed by atoms with E-state index >= 15 is 0 Å². The average Bonchev–Trinajstić information content (AvgIpc) is 2.91. The Labute approximate surface area is 132 Å². The molecule has 1 aromatic rings. The molecule has 1 aliphatic rings. The van der Waals surface area contributed by atoms with Crippen LogP contribution >= 0.6 is 0 Å². The minimum Gasteiger partial charge on any atom is -0.326 e. The van der Waals surface area contributed by atoms with Crippen LogP contribution in [0.3, 0.4) is 0 Å². The predicted octanol–water partition coefficient (Wildman–Crippen LogP) is 3.82. The third kappa shape index (κ3) is 3.56. The fourth-order valence-corrected chi connectivity index (χ4v) is 2.91. The summed E-state index contributed by atoms with van der Waals surface area (Å²) in [6.45, 7) is 9.84. The summed E-state index contributed by atoms with van der Waals surface area (Å²) >= 11 is 0. The number of anilines is 2. The Balaban J connectivity index is 2.01. The minimum absolute atomic E-state index is 0.0114. The summed E-state index contributed by atoms with van der Waals surface area (Å²) in [5, 5.41) is 5.67. The van der Waals surface area contributed by atoms with E-state index in [1.165, 1.54) is 12.5 Å². The fraction of sp³-hybridized carbons (Fsp3) is 0.444. The lowest BCUT2D eigenvalue weighted by atomic mass is 10.1. The summed E-state index contributed by atoms with van der Waals surface area (Å²) in [6.07, 6.45) is 2.18. The van der Waals surface area contributed by atoms with Crippen molar-refractivity contribution in [2.45, 2.75) is 34.6 Å². The zero-order valence-electron chi connectivity index (χ0n) is 13.9. The molecule has 1 aliphatic carbocycles. The van der Waals surface area contributed by atoms with Gasteiger partial charge in [-0.3, -0.25) is 9.59 Å². The first-order valence-corrected chi connectivity index (χ1v) is 7.55. The Bertz CT molecular complexity index is 610. The van der Waals surface area contributed by atoms with Crippen LogP contribution < -0.4 is 10.6 Å². The number of hydrogen-bond acceptors (Lipinski definition) is 2. The molecule has 2 N–H and O–H groups in total. The van der Waals surface area contributed by atoms with Crippen molar-refractivity contribution in [3.8, 4) is 0 Å². The molecule has 1 fully saturated rings. The zero-order chi connectivity index (χ0) is 16.5.